The van der Waals surface area contributed by atoms with Crippen LogP contribution in [-0.2, 0) is 23.8 Å². The predicted molar refractivity (Wildman–Crippen MR) is 87.7 cm³/mol. The molecule has 1 aliphatic carbocycles. The lowest BCUT2D eigenvalue weighted by Gasteiger charge is -2.40. The number of hydrogen-bond acceptors (Lipinski definition) is 5. The lowest BCUT2D eigenvalue weighted by Crippen LogP contribution is -2.46. The maximum atomic E-state index is 12.5. The third kappa shape index (κ3) is 3.20. The summed E-state index contributed by atoms with van der Waals surface area (Å²) in [6.07, 6.45) is 3.75. The highest BCUT2D eigenvalue weighted by atomic mass is 28.3. The number of fused-ring (bicyclic) bond motifs is 3. The maximum absolute atomic E-state index is 12.5. The van der Waals surface area contributed by atoms with Gasteiger partial charge in [-0.25, -0.2) is 0 Å². The Morgan fingerprint density at radius 3 is 2.74 bits per heavy atom. The first kappa shape index (κ1) is 16.6. The van der Waals surface area contributed by atoms with Crippen LogP contribution >= 0.6 is 0 Å². The lowest BCUT2D eigenvalue weighted by molar-refractivity contribution is -0.149. The van der Waals surface area contributed by atoms with Crippen molar-refractivity contribution in [3.05, 3.63) is 22.9 Å². The third-order valence-electron chi connectivity index (χ3n) is 4.57. The van der Waals surface area contributed by atoms with Gasteiger partial charge in [0.1, 0.15) is 24.9 Å². The second-order valence-electron chi connectivity index (χ2n) is 7.49. The van der Waals surface area contributed by atoms with Gasteiger partial charge in [0.15, 0.2) is 5.78 Å². The minimum atomic E-state index is -1.75. The SMILES string of the molecule is CC(=O)OC[C@@H]1C=C[C@H]2OC[C@@H]3CC(=O)C([Si](C)(C)C)=C3[C@@H]2O1. The van der Waals surface area contributed by atoms with Gasteiger partial charge in [-0.1, -0.05) is 31.8 Å². The van der Waals surface area contributed by atoms with Crippen molar-refractivity contribution in [1.29, 1.82) is 0 Å². The molecule has 0 spiro atoms. The molecule has 2 aliphatic heterocycles. The Morgan fingerprint density at radius 1 is 1.35 bits per heavy atom. The zero-order valence-electron chi connectivity index (χ0n) is 14.1. The largest absolute Gasteiger partial charge is 0.463 e. The second kappa shape index (κ2) is 6.00. The van der Waals surface area contributed by atoms with Crippen molar-refractivity contribution in [1.82, 2.24) is 0 Å². The van der Waals surface area contributed by atoms with Gasteiger partial charge in [0, 0.05) is 19.3 Å². The monoisotopic (exact) mass is 336 g/mol. The molecule has 0 unspecified atom stereocenters. The number of ketones is 1. The Hall–Kier alpha value is -1.24. The van der Waals surface area contributed by atoms with Crippen LogP contribution in [0.15, 0.2) is 22.9 Å². The summed E-state index contributed by atoms with van der Waals surface area (Å²) in [4.78, 5) is 23.5. The second-order valence-corrected chi connectivity index (χ2v) is 12.5. The quantitative estimate of drug-likeness (QED) is 0.448. The van der Waals surface area contributed by atoms with Crippen LogP contribution in [0, 0.1) is 5.92 Å². The Kier molecular flexibility index (Phi) is 4.33. The molecule has 0 saturated carbocycles. The summed E-state index contributed by atoms with van der Waals surface area (Å²) in [7, 11) is -1.75. The number of allylic oxidation sites excluding steroid dienone is 1. The molecule has 0 aromatic rings. The summed E-state index contributed by atoms with van der Waals surface area (Å²) in [5.41, 5.74) is 1.16. The molecule has 6 heteroatoms. The molecule has 0 N–H and O–H groups in total. The van der Waals surface area contributed by atoms with E-state index >= 15 is 0 Å². The van der Waals surface area contributed by atoms with Crippen molar-refractivity contribution < 1.29 is 23.8 Å². The van der Waals surface area contributed by atoms with Gasteiger partial charge in [-0.15, -0.1) is 0 Å². The molecule has 1 saturated heterocycles. The van der Waals surface area contributed by atoms with Gasteiger partial charge < -0.3 is 14.2 Å². The van der Waals surface area contributed by atoms with E-state index < -0.39 is 8.07 Å². The van der Waals surface area contributed by atoms with Crippen molar-refractivity contribution in [3.8, 4) is 0 Å². The molecular formula is C17H24O5Si. The van der Waals surface area contributed by atoms with Crippen molar-refractivity contribution in [2.75, 3.05) is 13.2 Å². The molecule has 4 atom stereocenters. The number of Topliss-reactive ketones (excluding diaryl/α,β-unsaturated/α-hetero) is 1. The molecule has 23 heavy (non-hydrogen) atoms. The molecule has 0 amide bonds. The van der Waals surface area contributed by atoms with Gasteiger partial charge >= 0.3 is 5.97 Å². The van der Waals surface area contributed by atoms with Gasteiger partial charge in [0.25, 0.3) is 0 Å². The highest BCUT2D eigenvalue weighted by Crippen LogP contribution is 2.43. The Bertz CT molecular complexity index is 586. The van der Waals surface area contributed by atoms with Crippen LogP contribution in [-0.4, -0.2) is 51.4 Å². The van der Waals surface area contributed by atoms with Gasteiger partial charge in [0.2, 0.25) is 0 Å². The topological polar surface area (TPSA) is 61.8 Å². The van der Waals surface area contributed by atoms with Crippen LogP contribution in [0.3, 0.4) is 0 Å². The van der Waals surface area contributed by atoms with Crippen LogP contribution in [0.25, 0.3) is 0 Å². The van der Waals surface area contributed by atoms with Crippen LogP contribution < -0.4 is 0 Å². The van der Waals surface area contributed by atoms with Crippen LogP contribution in [0.4, 0.5) is 0 Å². The summed E-state index contributed by atoms with van der Waals surface area (Å²) in [5.74, 6) is 0.0920. The molecule has 1 fully saturated rings. The highest BCUT2D eigenvalue weighted by molar-refractivity contribution is 6.87. The average molecular weight is 336 g/mol. The summed E-state index contributed by atoms with van der Waals surface area (Å²) < 4.78 is 17.1. The Balaban J connectivity index is 1.90. The summed E-state index contributed by atoms with van der Waals surface area (Å²) in [6.45, 7) is 8.78. The average Bonchev–Trinajstić information content (AvgIpc) is 2.81. The number of carbonyl (C=O) groups is 2. The molecule has 0 bridgehead atoms. The van der Waals surface area contributed by atoms with Gasteiger partial charge in [-0.2, -0.15) is 0 Å². The van der Waals surface area contributed by atoms with Crippen LogP contribution in [0.1, 0.15) is 13.3 Å². The van der Waals surface area contributed by atoms with Crippen LogP contribution in [0.2, 0.25) is 19.6 Å². The van der Waals surface area contributed by atoms with E-state index in [0.29, 0.717) is 13.0 Å². The van der Waals surface area contributed by atoms with E-state index in [2.05, 4.69) is 19.6 Å². The zero-order chi connectivity index (χ0) is 16.8. The van der Waals surface area contributed by atoms with E-state index in [1.807, 2.05) is 12.2 Å². The Morgan fingerprint density at radius 2 is 2.09 bits per heavy atom. The molecule has 0 radical (unpaired) electrons. The molecule has 126 valence electrons. The first-order valence-corrected chi connectivity index (χ1v) is 11.6. The summed E-state index contributed by atoms with van der Waals surface area (Å²) >= 11 is 0. The van der Waals surface area contributed by atoms with Crippen LogP contribution in [0.5, 0.6) is 0 Å². The number of rotatable bonds is 3. The van der Waals surface area contributed by atoms with Gasteiger partial charge in [-0.3, -0.25) is 9.59 Å². The molecule has 2 heterocycles. The standard InChI is InChI=1S/C17H24O5Si/c1-10(18)20-9-12-5-6-14-16(22-12)15-11(8-21-14)7-13(19)17(15)23(2,3)4/h5-6,11-12,14,16H,7-9H2,1-4H3/t11-,12-,14+,16+/m0/s1. The fraction of sp³-hybridized carbons (Fsp3) is 0.647. The highest BCUT2D eigenvalue weighted by Gasteiger charge is 2.48. The molecule has 5 nitrogen and oxygen atoms in total. The minimum Gasteiger partial charge on any atom is -0.463 e. The van der Waals surface area contributed by atoms with E-state index in [1.54, 1.807) is 0 Å². The van der Waals surface area contributed by atoms with Gasteiger partial charge in [-0.05, 0) is 10.8 Å². The van der Waals surface area contributed by atoms with Crippen molar-refractivity contribution in [3.63, 3.8) is 0 Å². The van der Waals surface area contributed by atoms with E-state index in [1.165, 1.54) is 6.92 Å². The lowest BCUT2D eigenvalue weighted by atomic mass is 9.90. The minimum absolute atomic E-state index is 0.145. The molecule has 3 rings (SSSR count). The maximum Gasteiger partial charge on any atom is 0.302 e. The van der Waals surface area contributed by atoms with Crippen molar-refractivity contribution in [2.45, 2.75) is 51.3 Å². The molecule has 3 aliphatic rings. The molecule has 0 aromatic carbocycles. The molecular weight excluding hydrogens is 312 g/mol. The van der Waals surface area contributed by atoms with E-state index in [9.17, 15) is 9.59 Å². The number of esters is 1. The number of carbonyl (C=O) groups excluding carboxylic acids is 2. The summed E-state index contributed by atoms with van der Waals surface area (Å²) in [6, 6.07) is 0. The normalized spacial score (nSPS) is 33.5. The first-order valence-electron chi connectivity index (χ1n) is 8.14. The van der Waals surface area contributed by atoms with E-state index in [4.69, 9.17) is 14.2 Å². The number of ether oxygens (including phenoxy) is 3. The predicted octanol–water partition coefficient (Wildman–Crippen LogP) is 2.03. The first-order chi connectivity index (χ1) is 10.8. The van der Waals surface area contributed by atoms with Crippen molar-refractivity contribution in [2.24, 2.45) is 5.92 Å². The third-order valence-corrected chi connectivity index (χ3v) is 6.64. The van der Waals surface area contributed by atoms with E-state index in [0.717, 1.165) is 10.8 Å². The van der Waals surface area contributed by atoms with Gasteiger partial charge in [0.05, 0.1) is 14.7 Å². The number of hydrogen-bond donors (Lipinski definition) is 0. The summed E-state index contributed by atoms with van der Waals surface area (Å²) in [5, 5.41) is 1.03. The zero-order valence-corrected chi connectivity index (χ0v) is 15.1. The fourth-order valence-electron chi connectivity index (χ4n) is 3.74. The van der Waals surface area contributed by atoms with Crippen molar-refractivity contribution >= 4 is 19.8 Å². The molecule has 0 aromatic heterocycles. The Labute approximate surface area is 137 Å². The fourth-order valence-corrected chi connectivity index (χ4v) is 5.89. The smallest absolute Gasteiger partial charge is 0.302 e. The van der Waals surface area contributed by atoms with E-state index in [-0.39, 0.29) is 42.6 Å².